The molecule has 1 N–H and O–H groups in total. The van der Waals surface area contributed by atoms with Crippen LogP contribution < -0.4 is 4.72 Å². The van der Waals surface area contributed by atoms with Crippen LogP contribution in [0.15, 0.2) is 28.6 Å². The van der Waals surface area contributed by atoms with Gasteiger partial charge in [0.2, 0.25) is 10.0 Å². The van der Waals surface area contributed by atoms with Gasteiger partial charge in [0.05, 0.1) is 10.9 Å². The van der Waals surface area contributed by atoms with Gasteiger partial charge in [0.1, 0.15) is 10.6 Å². The zero-order chi connectivity index (χ0) is 17.3. The van der Waals surface area contributed by atoms with E-state index >= 15 is 0 Å². The Kier molecular flexibility index (Phi) is 4.97. The molecule has 0 unspecified atom stereocenters. The first kappa shape index (κ1) is 17.2. The lowest BCUT2D eigenvalue weighted by Gasteiger charge is -2.22. The average molecular weight is 380 g/mol. The molecule has 0 aromatic carbocycles. The Hall–Kier alpha value is -1.18. The quantitative estimate of drug-likeness (QED) is 0.840. The fraction of sp³-hybridized carbons (Fsp3) is 0.611. The third-order valence-electron chi connectivity index (χ3n) is 5.37. The molecule has 2 aromatic rings. The van der Waals surface area contributed by atoms with Crippen molar-refractivity contribution in [3.05, 3.63) is 23.7 Å². The molecule has 2 heterocycles. The van der Waals surface area contributed by atoms with Gasteiger partial charge in [-0.05, 0) is 37.1 Å². The molecule has 7 heteroatoms. The van der Waals surface area contributed by atoms with E-state index in [1.54, 1.807) is 17.5 Å². The zero-order valence-electron chi connectivity index (χ0n) is 14.4. The van der Waals surface area contributed by atoms with Crippen LogP contribution in [0, 0.1) is 0 Å². The molecular formula is C18H25N3O2S2. The minimum absolute atomic E-state index is 0.0600. The smallest absolute Gasteiger partial charge is 0.244 e. The van der Waals surface area contributed by atoms with Crippen LogP contribution in [-0.4, -0.2) is 24.2 Å². The highest BCUT2D eigenvalue weighted by molar-refractivity contribution is 7.89. The highest BCUT2D eigenvalue weighted by Gasteiger charge is 2.29. The van der Waals surface area contributed by atoms with Gasteiger partial charge >= 0.3 is 0 Å². The molecule has 0 atom stereocenters. The highest BCUT2D eigenvalue weighted by Crippen LogP contribution is 2.35. The first-order chi connectivity index (χ1) is 12.1. The Morgan fingerprint density at radius 2 is 1.80 bits per heavy atom. The number of nitrogens with one attached hydrogen (secondary N) is 1. The first-order valence-corrected chi connectivity index (χ1v) is 11.6. The molecule has 2 aliphatic carbocycles. The summed E-state index contributed by atoms with van der Waals surface area (Å²) in [7, 11) is -3.55. The number of sulfonamides is 1. The molecular weight excluding hydrogens is 354 g/mol. The Morgan fingerprint density at radius 1 is 1.08 bits per heavy atom. The lowest BCUT2D eigenvalue weighted by Crippen LogP contribution is -2.36. The van der Waals surface area contributed by atoms with Crippen molar-refractivity contribution in [1.29, 1.82) is 0 Å². The maximum absolute atomic E-state index is 13.1. The van der Waals surface area contributed by atoms with Gasteiger partial charge in [-0.2, -0.15) is 5.10 Å². The van der Waals surface area contributed by atoms with Gasteiger partial charge in [-0.1, -0.05) is 38.2 Å². The van der Waals surface area contributed by atoms with Crippen LogP contribution >= 0.6 is 11.3 Å². The van der Waals surface area contributed by atoms with E-state index < -0.39 is 10.0 Å². The van der Waals surface area contributed by atoms with Gasteiger partial charge in [0.15, 0.2) is 0 Å². The summed E-state index contributed by atoms with van der Waals surface area (Å²) < 4.78 is 31.0. The van der Waals surface area contributed by atoms with Crippen LogP contribution in [0.3, 0.4) is 0 Å². The molecule has 136 valence electrons. The van der Waals surface area contributed by atoms with Crippen LogP contribution in [-0.2, 0) is 10.0 Å². The summed E-state index contributed by atoms with van der Waals surface area (Å²) in [6.07, 6.45) is 11.6. The largest absolute Gasteiger partial charge is 0.268 e. The predicted molar refractivity (Wildman–Crippen MR) is 100 cm³/mol. The van der Waals surface area contributed by atoms with Crippen molar-refractivity contribution in [1.82, 2.24) is 14.5 Å². The van der Waals surface area contributed by atoms with Crippen molar-refractivity contribution in [2.45, 2.75) is 74.8 Å². The van der Waals surface area contributed by atoms with Crippen LogP contribution in [0.25, 0.3) is 10.6 Å². The summed E-state index contributed by atoms with van der Waals surface area (Å²) >= 11 is 1.54. The topological polar surface area (TPSA) is 64.0 Å². The van der Waals surface area contributed by atoms with E-state index in [0.29, 0.717) is 16.6 Å². The third-order valence-corrected chi connectivity index (χ3v) is 7.77. The number of aromatic nitrogens is 2. The van der Waals surface area contributed by atoms with E-state index in [0.717, 1.165) is 43.4 Å². The van der Waals surface area contributed by atoms with Crippen molar-refractivity contribution < 1.29 is 8.42 Å². The Bertz CT molecular complexity index is 799. The van der Waals surface area contributed by atoms with Crippen molar-refractivity contribution in [3.8, 4) is 10.6 Å². The van der Waals surface area contributed by atoms with Crippen LogP contribution in [0.1, 0.15) is 63.8 Å². The molecule has 0 aliphatic heterocycles. The molecule has 2 aliphatic rings. The molecule has 5 nitrogen and oxygen atoms in total. The van der Waals surface area contributed by atoms with Gasteiger partial charge in [0, 0.05) is 12.2 Å². The van der Waals surface area contributed by atoms with Gasteiger partial charge in [-0.3, -0.25) is 4.68 Å². The molecule has 0 amide bonds. The van der Waals surface area contributed by atoms with Crippen LogP contribution in [0.4, 0.5) is 0 Å². The molecule has 25 heavy (non-hydrogen) atoms. The maximum atomic E-state index is 13.1. The van der Waals surface area contributed by atoms with Crippen LogP contribution in [0.5, 0.6) is 0 Å². The molecule has 4 rings (SSSR count). The van der Waals surface area contributed by atoms with Crippen molar-refractivity contribution in [2.24, 2.45) is 0 Å². The standard InChI is InChI=1S/C18H25N3O2S2/c22-25(23,20-14-7-2-1-3-8-14)17-13-21(15-9-4-5-10-15)19-18(17)16-11-6-12-24-16/h6,11-15,20H,1-5,7-10H2. The molecule has 0 saturated heterocycles. The lowest BCUT2D eigenvalue weighted by atomic mass is 9.96. The molecule has 2 saturated carbocycles. The normalized spacial score (nSPS) is 20.3. The Morgan fingerprint density at radius 3 is 2.48 bits per heavy atom. The van der Waals surface area contributed by atoms with Crippen molar-refractivity contribution >= 4 is 21.4 Å². The minimum atomic E-state index is -3.55. The third kappa shape index (κ3) is 3.68. The van der Waals surface area contributed by atoms with E-state index in [9.17, 15) is 8.42 Å². The fourth-order valence-corrected chi connectivity index (χ4v) is 6.26. The predicted octanol–water partition coefficient (Wildman–Crippen LogP) is 4.34. The summed E-state index contributed by atoms with van der Waals surface area (Å²) in [4.78, 5) is 1.26. The molecule has 0 radical (unpaired) electrons. The van der Waals surface area contributed by atoms with Gasteiger partial charge in [-0.15, -0.1) is 11.3 Å². The summed E-state index contributed by atoms with van der Waals surface area (Å²) in [6.45, 7) is 0. The first-order valence-electron chi connectivity index (χ1n) is 9.29. The van der Waals surface area contributed by atoms with Crippen molar-refractivity contribution in [2.75, 3.05) is 0 Å². The average Bonchev–Trinajstić information content (AvgIpc) is 3.34. The number of hydrogen-bond acceptors (Lipinski definition) is 4. The van der Waals surface area contributed by atoms with E-state index in [1.807, 2.05) is 22.2 Å². The molecule has 2 fully saturated rings. The maximum Gasteiger partial charge on any atom is 0.244 e. The SMILES string of the molecule is O=S(=O)(NC1CCCCC1)c1cn(C2CCCC2)nc1-c1cccs1. The number of hydrogen-bond donors (Lipinski definition) is 1. The summed E-state index contributed by atoms with van der Waals surface area (Å²) in [6, 6.07) is 4.28. The molecule has 2 aromatic heterocycles. The second-order valence-electron chi connectivity index (χ2n) is 7.19. The van der Waals surface area contributed by atoms with E-state index in [1.165, 1.54) is 19.3 Å². The van der Waals surface area contributed by atoms with E-state index in [4.69, 9.17) is 5.10 Å². The summed E-state index contributed by atoms with van der Waals surface area (Å²) in [5.74, 6) is 0. The lowest BCUT2D eigenvalue weighted by molar-refractivity contribution is 0.412. The number of nitrogens with zero attached hydrogens (tertiary/aromatic N) is 2. The van der Waals surface area contributed by atoms with Gasteiger partial charge in [0.25, 0.3) is 0 Å². The monoisotopic (exact) mass is 379 g/mol. The Labute approximate surface area is 153 Å². The van der Waals surface area contributed by atoms with E-state index in [2.05, 4.69) is 4.72 Å². The summed E-state index contributed by atoms with van der Waals surface area (Å²) in [5.41, 5.74) is 0.602. The second kappa shape index (κ2) is 7.21. The zero-order valence-corrected chi connectivity index (χ0v) is 16.0. The van der Waals surface area contributed by atoms with E-state index in [-0.39, 0.29) is 6.04 Å². The fourth-order valence-electron chi connectivity index (χ4n) is 4.01. The van der Waals surface area contributed by atoms with Gasteiger partial charge in [-0.25, -0.2) is 13.1 Å². The van der Waals surface area contributed by atoms with Crippen molar-refractivity contribution in [3.63, 3.8) is 0 Å². The number of thiophene rings is 1. The molecule has 0 bridgehead atoms. The van der Waals surface area contributed by atoms with Crippen LogP contribution in [0.2, 0.25) is 0 Å². The Balaban J connectivity index is 1.68. The second-order valence-corrected chi connectivity index (χ2v) is 9.82. The van der Waals surface area contributed by atoms with Gasteiger partial charge < -0.3 is 0 Å². The minimum Gasteiger partial charge on any atom is -0.268 e. The molecule has 0 spiro atoms. The highest BCUT2D eigenvalue weighted by atomic mass is 32.2. The summed E-state index contributed by atoms with van der Waals surface area (Å²) in [5, 5.41) is 6.67. The number of rotatable bonds is 5.